The molecule has 1 aliphatic heterocycles. The molecule has 0 saturated carbocycles. The molecule has 0 radical (unpaired) electrons. The monoisotopic (exact) mass is 479 g/mol. The van der Waals surface area contributed by atoms with Crippen LogP contribution in [0.15, 0.2) is 79.0 Å². The first-order valence-corrected chi connectivity index (χ1v) is 12.3. The number of nitrogens with zero attached hydrogens (tertiary/aromatic N) is 3. The molecule has 1 amide bonds. The predicted octanol–water partition coefficient (Wildman–Crippen LogP) is 6.14. The van der Waals surface area contributed by atoms with Gasteiger partial charge in [-0.25, -0.2) is 0 Å². The fourth-order valence-corrected chi connectivity index (χ4v) is 3.24. The molecule has 0 atom stereocenters. The minimum Gasteiger partial charge on any atom is -0.373 e. The molecule has 1 heterocycles. The molecule has 2 aromatic carbocycles. The molecule has 1 fully saturated rings. The summed E-state index contributed by atoms with van der Waals surface area (Å²) in [4.78, 5) is 27.0. The molecule has 5 nitrogen and oxygen atoms in total. The average molecular weight is 480 g/mol. The van der Waals surface area contributed by atoms with Crippen LogP contribution in [-0.4, -0.2) is 62.8 Å². The highest BCUT2D eigenvalue weighted by atomic mass is 16.1. The van der Waals surface area contributed by atoms with E-state index < -0.39 is 0 Å². The van der Waals surface area contributed by atoms with Gasteiger partial charge in [-0.1, -0.05) is 68.5 Å². The van der Waals surface area contributed by atoms with Gasteiger partial charge in [-0.15, -0.1) is 6.58 Å². The van der Waals surface area contributed by atoms with Crippen LogP contribution >= 0.6 is 0 Å². The number of aldehydes is 1. The molecule has 192 valence electrons. The van der Waals surface area contributed by atoms with Gasteiger partial charge in [0.05, 0.1) is 0 Å². The normalized spacial score (nSPS) is 12.7. The molecule has 3 rings (SSSR count). The lowest BCUT2D eigenvalue weighted by Crippen LogP contribution is -2.44. The van der Waals surface area contributed by atoms with E-state index in [0.29, 0.717) is 12.5 Å². The van der Waals surface area contributed by atoms with Crippen molar-refractivity contribution < 1.29 is 9.59 Å². The molecule has 2 aromatic rings. The third-order valence-corrected chi connectivity index (χ3v) is 5.37. The highest BCUT2D eigenvalue weighted by molar-refractivity contribution is 5.66. The van der Waals surface area contributed by atoms with E-state index in [1.165, 1.54) is 11.1 Å². The van der Waals surface area contributed by atoms with Crippen molar-refractivity contribution in [3.63, 3.8) is 0 Å². The van der Waals surface area contributed by atoms with Crippen LogP contribution in [0.5, 0.6) is 0 Å². The minimum absolute atomic E-state index is 0.338. The highest BCUT2D eigenvalue weighted by Crippen LogP contribution is 2.22. The molecule has 0 aromatic heterocycles. The van der Waals surface area contributed by atoms with Crippen molar-refractivity contribution in [3.8, 4) is 11.1 Å². The van der Waals surface area contributed by atoms with Gasteiger partial charge >= 0.3 is 0 Å². The summed E-state index contributed by atoms with van der Waals surface area (Å²) in [5.74, 6) is 0.338. The van der Waals surface area contributed by atoms with Crippen LogP contribution in [0.4, 0.5) is 5.69 Å². The van der Waals surface area contributed by atoms with E-state index in [2.05, 4.69) is 52.8 Å². The zero-order valence-corrected chi connectivity index (χ0v) is 22.8. The van der Waals surface area contributed by atoms with Crippen LogP contribution in [0.1, 0.15) is 34.6 Å². The Balaban J connectivity index is 0.000000797. The smallest absolute Gasteiger partial charge is 0.213 e. The van der Waals surface area contributed by atoms with Crippen LogP contribution in [-0.2, 0) is 9.59 Å². The fraction of sp³-hybridized carbons (Fsp3) is 0.400. The maximum Gasteiger partial charge on any atom is 0.213 e. The molecular weight excluding hydrogens is 434 g/mol. The van der Waals surface area contributed by atoms with Crippen molar-refractivity contribution in [2.75, 3.05) is 45.2 Å². The third kappa shape index (κ3) is 12.2. The van der Waals surface area contributed by atoms with E-state index >= 15 is 0 Å². The first kappa shape index (κ1) is 31.8. The van der Waals surface area contributed by atoms with Crippen LogP contribution in [0.25, 0.3) is 11.1 Å². The predicted molar refractivity (Wildman–Crippen MR) is 152 cm³/mol. The van der Waals surface area contributed by atoms with Crippen molar-refractivity contribution in [3.05, 3.63) is 79.0 Å². The van der Waals surface area contributed by atoms with Gasteiger partial charge in [0.15, 0.2) is 0 Å². The first-order valence-electron chi connectivity index (χ1n) is 12.3. The molecule has 35 heavy (non-hydrogen) atoms. The summed E-state index contributed by atoms with van der Waals surface area (Å²) in [6.45, 7) is 16.5. The molecule has 0 N–H and O–H groups in total. The summed E-state index contributed by atoms with van der Waals surface area (Å²) >= 11 is 0. The van der Waals surface area contributed by atoms with E-state index in [1.54, 1.807) is 11.0 Å². The second-order valence-corrected chi connectivity index (χ2v) is 8.09. The van der Waals surface area contributed by atoms with Gasteiger partial charge in [0, 0.05) is 50.5 Å². The number of hydrogen-bond donors (Lipinski definition) is 0. The number of allylic oxidation sites excluding steroid dienone is 3. The van der Waals surface area contributed by atoms with E-state index in [-0.39, 0.29) is 0 Å². The number of amides is 1. The van der Waals surface area contributed by atoms with Gasteiger partial charge in [0.25, 0.3) is 0 Å². The van der Waals surface area contributed by atoms with Crippen LogP contribution in [0, 0.1) is 5.92 Å². The van der Waals surface area contributed by atoms with E-state index in [1.807, 2.05) is 73.0 Å². The Hall–Kier alpha value is -3.18. The molecule has 0 bridgehead atoms. The molecule has 5 heteroatoms. The lowest BCUT2D eigenvalue weighted by atomic mass is 10.0. The van der Waals surface area contributed by atoms with Gasteiger partial charge in [-0.05, 0) is 51.1 Å². The zero-order chi connectivity index (χ0) is 26.6. The Morgan fingerprint density at radius 1 is 0.971 bits per heavy atom. The summed E-state index contributed by atoms with van der Waals surface area (Å²) in [6, 6.07) is 18.9. The second-order valence-electron chi connectivity index (χ2n) is 8.09. The number of anilines is 1. The third-order valence-electron chi connectivity index (χ3n) is 5.37. The van der Waals surface area contributed by atoms with Crippen LogP contribution < -0.4 is 4.90 Å². The SMILES string of the molecule is C/C=C(\C)N(C=O)CCN(C)c1ccc(-c2ccccc2)cc1.C=CC.CC.CN1CC(C=O)C1. The standard InChI is InChI=1S/C20H24N2O.C5H9NO.C3H6.C2H6/c1-4-17(2)22(16-23)15-14-21(3)20-12-10-19(11-13-20)18-8-6-5-7-9-18;1-6-2-5(3-6)4-7;1-3-2;1-2/h4-13,16H,14-15H2,1-3H3;4-5H,2-3H2,1H3;3H,1H2,2H3;1-2H3/b17-4+;;;. The topological polar surface area (TPSA) is 43.9 Å². The highest BCUT2D eigenvalue weighted by Gasteiger charge is 2.21. The van der Waals surface area contributed by atoms with Crippen LogP contribution in [0.2, 0.25) is 0 Å². The maximum absolute atomic E-state index is 11.1. The largest absolute Gasteiger partial charge is 0.373 e. The van der Waals surface area contributed by atoms with Gasteiger partial charge in [0.1, 0.15) is 6.29 Å². The Kier molecular flexibility index (Phi) is 17.4. The van der Waals surface area contributed by atoms with Gasteiger partial charge in [-0.2, -0.15) is 0 Å². The summed E-state index contributed by atoms with van der Waals surface area (Å²) in [5.41, 5.74) is 4.56. The van der Waals surface area contributed by atoms with Gasteiger partial charge < -0.3 is 19.5 Å². The van der Waals surface area contributed by atoms with Gasteiger partial charge in [0.2, 0.25) is 6.41 Å². The number of likely N-dealkylation sites (tertiary alicyclic amines) is 1. The Bertz CT molecular complexity index is 857. The number of benzene rings is 2. The second kappa shape index (κ2) is 19.2. The van der Waals surface area contributed by atoms with Crippen molar-refractivity contribution in [1.29, 1.82) is 0 Å². The molecule has 0 unspecified atom stereocenters. The lowest BCUT2D eigenvalue weighted by molar-refractivity contribution is -0.116. The molecule has 0 spiro atoms. The summed E-state index contributed by atoms with van der Waals surface area (Å²) < 4.78 is 0. The number of carbonyl (C=O) groups excluding carboxylic acids is 2. The quantitative estimate of drug-likeness (QED) is 0.337. The van der Waals surface area contributed by atoms with Crippen molar-refractivity contribution in [2.45, 2.75) is 34.6 Å². The van der Waals surface area contributed by atoms with Crippen molar-refractivity contribution in [1.82, 2.24) is 9.80 Å². The van der Waals surface area contributed by atoms with Crippen LogP contribution in [0.3, 0.4) is 0 Å². The van der Waals surface area contributed by atoms with Crippen molar-refractivity contribution >= 4 is 18.4 Å². The number of hydrogen-bond acceptors (Lipinski definition) is 4. The summed E-state index contributed by atoms with van der Waals surface area (Å²) in [6.07, 6.45) is 5.62. The average Bonchev–Trinajstić information content (AvgIpc) is 2.89. The number of likely N-dealkylation sites (N-methyl/N-ethyl adjacent to an activating group) is 1. The molecule has 1 aliphatic rings. The minimum atomic E-state index is 0.338. The Morgan fingerprint density at radius 3 is 1.89 bits per heavy atom. The van der Waals surface area contributed by atoms with E-state index in [4.69, 9.17) is 0 Å². The van der Waals surface area contributed by atoms with E-state index in [9.17, 15) is 9.59 Å². The van der Waals surface area contributed by atoms with Gasteiger partial charge in [-0.3, -0.25) is 4.79 Å². The number of carbonyl (C=O) groups is 2. The Labute approximate surface area is 213 Å². The molecular formula is C30H45N3O2. The summed E-state index contributed by atoms with van der Waals surface area (Å²) in [7, 11) is 4.06. The first-order chi connectivity index (χ1) is 16.9. The molecule has 0 aliphatic carbocycles. The van der Waals surface area contributed by atoms with E-state index in [0.717, 1.165) is 43.7 Å². The lowest BCUT2D eigenvalue weighted by Gasteiger charge is -2.31. The number of rotatable bonds is 8. The Morgan fingerprint density at radius 2 is 1.49 bits per heavy atom. The zero-order valence-electron chi connectivity index (χ0n) is 22.8. The summed E-state index contributed by atoms with van der Waals surface area (Å²) in [5, 5.41) is 0. The maximum atomic E-state index is 11.1. The molecule has 1 saturated heterocycles. The fourth-order valence-electron chi connectivity index (χ4n) is 3.24. The van der Waals surface area contributed by atoms with Crippen molar-refractivity contribution in [2.24, 2.45) is 5.92 Å².